The number of aromatic nitrogens is 1. The second kappa shape index (κ2) is 4.65. The molecule has 2 aromatic rings. The SMILES string of the molecule is O=C(NCCn1ccc2ccc(Cl)cc21)C1CC1. The Labute approximate surface area is 111 Å². The summed E-state index contributed by atoms with van der Waals surface area (Å²) >= 11 is 6.00. The largest absolute Gasteiger partial charge is 0.354 e. The topological polar surface area (TPSA) is 34.0 Å². The zero-order valence-corrected chi connectivity index (χ0v) is 10.8. The van der Waals surface area contributed by atoms with E-state index in [1.54, 1.807) is 0 Å². The average molecular weight is 263 g/mol. The van der Waals surface area contributed by atoms with E-state index in [1.165, 1.54) is 5.39 Å². The minimum atomic E-state index is 0.199. The van der Waals surface area contributed by atoms with E-state index in [1.807, 2.05) is 24.4 Å². The third-order valence-electron chi connectivity index (χ3n) is 3.34. The maximum atomic E-state index is 11.5. The molecule has 4 heteroatoms. The highest BCUT2D eigenvalue weighted by molar-refractivity contribution is 6.31. The van der Waals surface area contributed by atoms with Gasteiger partial charge >= 0.3 is 0 Å². The highest BCUT2D eigenvalue weighted by Gasteiger charge is 2.28. The fourth-order valence-corrected chi connectivity index (χ4v) is 2.31. The number of hydrogen-bond acceptors (Lipinski definition) is 1. The summed E-state index contributed by atoms with van der Waals surface area (Å²) in [7, 11) is 0. The number of carbonyl (C=O) groups is 1. The third-order valence-corrected chi connectivity index (χ3v) is 3.57. The number of rotatable bonds is 4. The molecule has 0 bridgehead atoms. The summed E-state index contributed by atoms with van der Waals surface area (Å²) in [4.78, 5) is 11.5. The van der Waals surface area contributed by atoms with Crippen LogP contribution in [0.1, 0.15) is 12.8 Å². The van der Waals surface area contributed by atoms with E-state index in [9.17, 15) is 4.79 Å². The number of hydrogen-bond donors (Lipinski definition) is 1. The van der Waals surface area contributed by atoms with E-state index in [2.05, 4.69) is 16.0 Å². The lowest BCUT2D eigenvalue weighted by Gasteiger charge is -2.07. The maximum Gasteiger partial charge on any atom is 0.223 e. The molecule has 0 radical (unpaired) electrons. The number of nitrogens with zero attached hydrogens (tertiary/aromatic N) is 1. The molecular formula is C14H15ClN2O. The van der Waals surface area contributed by atoms with Crippen LogP contribution in [0.3, 0.4) is 0 Å². The molecule has 0 unspecified atom stereocenters. The Morgan fingerprint density at radius 3 is 3.00 bits per heavy atom. The van der Waals surface area contributed by atoms with Crippen molar-refractivity contribution in [3.63, 3.8) is 0 Å². The lowest BCUT2D eigenvalue weighted by molar-refractivity contribution is -0.122. The first-order valence-electron chi connectivity index (χ1n) is 6.26. The van der Waals surface area contributed by atoms with Crippen molar-refractivity contribution in [1.29, 1.82) is 0 Å². The predicted octanol–water partition coefficient (Wildman–Crippen LogP) is 2.82. The summed E-state index contributed by atoms with van der Waals surface area (Å²) in [6.45, 7) is 1.45. The van der Waals surface area contributed by atoms with Crippen molar-refractivity contribution in [1.82, 2.24) is 9.88 Å². The van der Waals surface area contributed by atoms with Crippen LogP contribution in [0.4, 0.5) is 0 Å². The van der Waals surface area contributed by atoms with Crippen LogP contribution in [0.25, 0.3) is 10.9 Å². The van der Waals surface area contributed by atoms with E-state index in [0.717, 1.165) is 29.9 Å². The van der Waals surface area contributed by atoms with Gasteiger partial charge < -0.3 is 9.88 Å². The fourth-order valence-electron chi connectivity index (χ4n) is 2.14. The van der Waals surface area contributed by atoms with Gasteiger partial charge in [0.15, 0.2) is 0 Å². The molecule has 0 atom stereocenters. The minimum Gasteiger partial charge on any atom is -0.354 e. The predicted molar refractivity (Wildman–Crippen MR) is 72.7 cm³/mol. The van der Waals surface area contributed by atoms with Crippen LogP contribution >= 0.6 is 11.6 Å². The number of fused-ring (bicyclic) bond motifs is 1. The molecule has 0 aliphatic heterocycles. The molecule has 1 aliphatic rings. The molecule has 3 nitrogen and oxygen atoms in total. The third kappa shape index (κ3) is 2.36. The van der Waals surface area contributed by atoms with Gasteiger partial charge in [-0.2, -0.15) is 0 Å². The van der Waals surface area contributed by atoms with Gasteiger partial charge in [-0.05, 0) is 36.4 Å². The molecule has 18 heavy (non-hydrogen) atoms. The van der Waals surface area contributed by atoms with E-state index in [0.29, 0.717) is 6.54 Å². The van der Waals surface area contributed by atoms with Crippen LogP contribution < -0.4 is 5.32 Å². The number of halogens is 1. The van der Waals surface area contributed by atoms with Gasteiger partial charge in [0.2, 0.25) is 5.91 Å². The van der Waals surface area contributed by atoms with E-state index in [4.69, 9.17) is 11.6 Å². The summed E-state index contributed by atoms with van der Waals surface area (Å²) in [5, 5.41) is 4.88. The Bertz CT molecular complexity index is 586. The molecule has 1 heterocycles. The van der Waals surface area contributed by atoms with Crippen LogP contribution in [0.2, 0.25) is 5.02 Å². The highest BCUT2D eigenvalue weighted by Crippen LogP contribution is 2.28. The van der Waals surface area contributed by atoms with Gasteiger partial charge in [0.25, 0.3) is 0 Å². The molecule has 1 amide bonds. The molecule has 1 aromatic heterocycles. The Morgan fingerprint density at radius 2 is 2.22 bits per heavy atom. The number of carbonyl (C=O) groups excluding carboxylic acids is 1. The zero-order chi connectivity index (χ0) is 12.5. The van der Waals surface area contributed by atoms with Crippen LogP contribution in [0.15, 0.2) is 30.5 Å². The van der Waals surface area contributed by atoms with Crippen molar-refractivity contribution < 1.29 is 4.79 Å². The van der Waals surface area contributed by atoms with E-state index >= 15 is 0 Å². The lowest BCUT2D eigenvalue weighted by Crippen LogP contribution is -2.28. The van der Waals surface area contributed by atoms with Gasteiger partial charge in [0.1, 0.15) is 0 Å². The molecular weight excluding hydrogens is 248 g/mol. The van der Waals surface area contributed by atoms with Crippen molar-refractivity contribution in [3.8, 4) is 0 Å². The van der Waals surface area contributed by atoms with E-state index in [-0.39, 0.29) is 11.8 Å². The monoisotopic (exact) mass is 262 g/mol. The van der Waals surface area contributed by atoms with Crippen molar-refractivity contribution in [2.24, 2.45) is 5.92 Å². The first-order chi connectivity index (χ1) is 8.74. The Morgan fingerprint density at radius 1 is 1.39 bits per heavy atom. The quantitative estimate of drug-likeness (QED) is 0.903. The smallest absolute Gasteiger partial charge is 0.223 e. The molecule has 0 spiro atoms. The molecule has 1 aromatic carbocycles. The van der Waals surface area contributed by atoms with Crippen LogP contribution in [-0.2, 0) is 11.3 Å². The fraction of sp³-hybridized carbons (Fsp3) is 0.357. The number of nitrogens with one attached hydrogen (secondary N) is 1. The second-order valence-corrected chi connectivity index (χ2v) is 5.21. The highest BCUT2D eigenvalue weighted by atomic mass is 35.5. The summed E-state index contributed by atoms with van der Waals surface area (Å²) in [5.41, 5.74) is 1.11. The van der Waals surface area contributed by atoms with Crippen molar-refractivity contribution in [2.45, 2.75) is 19.4 Å². The maximum absolute atomic E-state index is 11.5. The van der Waals surface area contributed by atoms with Crippen molar-refractivity contribution >= 4 is 28.4 Å². The number of benzene rings is 1. The van der Waals surface area contributed by atoms with Gasteiger partial charge in [-0.25, -0.2) is 0 Å². The Kier molecular flexibility index (Phi) is 3.00. The van der Waals surface area contributed by atoms with E-state index < -0.39 is 0 Å². The lowest BCUT2D eigenvalue weighted by atomic mass is 10.2. The second-order valence-electron chi connectivity index (χ2n) is 4.78. The summed E-state index contributed by atoms with van der Waals surface area (Å²) in [6.07, 6.45) is 4.13. The number of amides is 1. The molecule has 94 valence electrons. The average Bonchev–Trinajstić information content (AvgIpc) is 3.13. The van der Waals surface area contributed by atoms with Gasteiger partial charge in [-0.1, -0.05) is 17.7 Å². The van der Waals surface area contributed by atoms with Gasteiger partial charge in [0, 0.05) is 35.7 Å². The standard InChI is InChI=1S/C14H15ClN2O/c15-12-4-3-10-5-7-17(13(10)9-12)8-6-16-14(18)11-1-2-11/h3-5,7,9,11H,1-2,6,8H2,(H,16,18). The first-order valence-corrected chi connectivity index (χ1v) is 6.64. The van der Waals surface area contributed by atoms with Crippen LogP contribution in [-0.4, -0.2) is 17.0 Å². The Balaban J connectivity index is 1.66. The van der Waals surface area contributed by atoms with Crippen molar-refractivity contribution in [3.05, 3.63) is 35.5 Å². The Hall–Kier alpha value is -1.48. The summed E-state index contributed by atoms with van der Waals surface area (Å²) < 4.78 is 2.12. The van der Waals surface area contributed by atoms with Crippen molar-refractivity contribution in [2.75, 3.05) is 6.54 Å². The summed E-state index contributed by atoms with van der Waals surface area (Å²) in [5.74, 6) is 0.477. The minimum absolute atomic E-state index is 0.199. The molecule has 1 saturated carbocycles. The van der Waals surface area contributed by atoms with Crippen LogP contribution in [0.5, 0.6) is 0 Å². The van der Waals surface area contributed by atoms with Gasteiger partial charge in [-0.15, -0.1) is 0 Å². The molecule has 1 N–H and O–H groups in total. The molecule has 0 saturated heterocycles. The zero-order valence-electron chi connectivity index (χ0n) is 10.0. The first kappa shape index (κ1) is 11.6. The molecule has 3 rings (SSSR count). The van der Waals surface area contributed by atoms with Gasteiger partial charge in [-0.3, -0.25) is 4.79 Å². The molecule has 1 aliphatic carbocycles. The van der Waals surface area contributed by atoms with Gasteiger partial charge in [0.05, 0.1) is 0 Å². The normalized spacial score (nSPS) is 14.9. The molecule has 1 fully saturated rings. The van der Waals surface area contributed by atoms with Crippen LogP contribution in [0, 0.1) is 5.92 Å². The summed E-state index contributed by atoms with van der Waals surface area (Å²) in [6, 6.07) is 7.92.